The Hall–Kier alpha value is -3.02. The molecule has 1 atom stereocenters. The molecule has 8 nitrogen and oxygen atoms in total. The van der Waals surface area contributed by atoms with Crippen LogP contribution in [0.3, 0.4) is 0 Å². The van der Waals surface area contributed by atoms with Gasteiger partial charge in [0.05, 0.1) is 10.0 Å². The van der Waals surface area contributed by atoms with Crippen LogP contribution in [0.4, 0.5) is 29.5 Å². The smallest absolute Gasteiger partial charge is 0.444 e. The summed E-state index contributed by atoms with van der Waals surface area (Å²) >= 11 is 3.47. The number of halogens is 4. The van der Waals surface area contributed by atoms with E-state index in [0.29, 0.717) is 29.1 Å². The maximum absolute atomic E-state index is 12.6. The van der Waals surface area contributed by atoms with Gasteiger partial charge in [0.1, 0.15) is 17.2 Å². The molecular weight excluding hydrogens is 533 g/mol. The van der Waals surface area contributed by atoms with E-state index >= 15 is 0 Å². The number of nitrogens with one attached hydrogen (secondary N) is 2. The first-order valence-electron chi connectivity index (χ1n) is 10.8. The number of rotatable bonds is 6. The van der Waals surface area contributed by atoms with Crippen LogP contribution < -0.4 is 20.3 Å². The second-order valence-electron chi connectivity index (χ2n) is 9.04. The SMILES string of the molecule is CC(C)(C)OC(=O)NCC1CCN(c2ncc(C(=O)Nc3ccc(OC(F)(F)F)cc3)cc2Br)C1. The monoisotopic (exact) mass is 558 g/mol. The van der Waals surface area contributed by atoms with Gasteiger partial charge in [-0.3, -0.25) is 4.79 Å². The zero-order chi connectivity index (χ0) is 25.8. The number of carbonyl (C=O) groups is 2. The molecule has 2 amide bonds. The van der Waals surface area contributed by atoms with Crippen molar-refractivity contribution >= 4 is 39.4 Å². The normalized spacial score (nSPS) is 16.1. The maximum atomic E-state index is 12.6. The molecule has 1 unspecified atom stereocenters. The molecule has 0 radical (unpaired) electrons. The second kappa shape index (κ2) is 10.7. The number of amides is 2. The largest absolute Gasteiger partial charge is 0.573 e. The Kier molecular flexibility index (Phi) is 8.14. The predicted octanol–water partition coefficient (Wildman–Crippen LogP) is 5.35. The van der Waals surface area contributed by atoms with Crippen molar-refractivity contribution in [3.63, 3.8) is 0 Å². The molecule has 1 aromatic heterocycles. The third-order valence-corrected chi connectivity index (χ3v) is 5.53. The number of anilines is 2. The van der Waals surface area contributed by atoms with Gasteiger partial charge in [-0.15, -0.1) is 13.2 Å². The Balaban J connectivity index is 1.55. The van der Waals surface area contributed by atoms with Crippen LogP contribution in [0.2, 0.25) is 0 Å². The molecule has 1 aliphatic rings. The molecule has 2 aromatic rings. The molecule has 12 heteroatoms. The third kappa shape index (κ3) is 8.30. The molecule has 0 saturated carbocycles. The minimum absolute atomic E-state index is 0.225. The van der Waals surface area contributed by atoms with E-state index in [4.69, 9.17) is 4.74 Å². The van der Waals surface area contributed by atoms with E-state index in [0.717, 1.165) is 25.1 Å². The number of ether oxygens (including phenoxy) is 2. The van der Waals surface area contributed by atoms with Crippen molar-refractivity contribution in [2.45, 2.75) is 39.2 Å². The fraction of sp³-hybridized carbons (Fsp3) is 0.435. The molecule has 0 spiro atoms. The summed E-state index contributed by atoms with van der Waals surface area (Å²) in [6, 6.07) is 6.48. The Bertz CT molecular complexity index is 1060. The van der Waals surface area contributed by atoms with Crippen molar-refractivity contribution in [1.29, 1.82) is 0 Å². The van der Waals surface area contributed by atoms with Crippen molar-refractivity contribution in [3.05, 3.63) is 46.6 Å². The van der Waals surface area contributed by atoms with Gasteiger partial charge >= 0.3 is 12.5 Å². The summed E-state index contributed by atoms with van der Waals surface area (Å²) in [7, 11) is 0. The topological polar surface area (TPSA) is 92.8 Å². The lowest BCUT2D eigenvalue weighted by Crippen LogP contribution is -2.36. The number of alkyl carbamates (subject to hydrolysis) is 1. The van der Waals surface area contributed by atoms with Crippen molar-refractivity contribution < 1.29 is 32.2 Å². The lowest BCUT2D eigenvalue weighted by atomic mass is 10.1. The first-order valence-corrected chi connectivity index (χ1v) is 11.6. The van der Waals surface area contributed by atoms with Crippen molar-refractivity contribution in [2.75, 3.05) is 29.9 Å². The molecule has 1 aromatic carbocycles. The van der Waals surface area contributed by atoms with Gasteiger partial charge in [-0.25, -0.2) is 9.78 Å². The van der Waals surface area contributed by atoms with Gasteiger partial charge in [0.15, 0.2) is 0 Å². The zero-order valence-electron chi connectivity index (χ0n) is 19.4. The number of benzene rings is 1. The molecule has 2 N–H and O–H groups in total. The van der Waals surface area contributed by atoms with Gasteiger partial charge in [-0.1, -0.05) is 0 Å². The molecule has 0 aliphatic carbocycles. The van der Waals surface area contributed by atoms with Crippen LogP contribution in [0, 0.1) is 5.92 Å². The van der Waals surface area contributed by atoms with Crippen molar-refractivity contribution in [3.8, 4) is 5.75 Å². The Morgan fingerprint density at radius 1 is 1.20 bits per heavy atom. The number of pyridine rings is 1. The molecule has 35 heavy (non-hydrogen) atoms. The highest BCUT2D eigenvalue weighted by molar-refractivity contribution is 9.10. The van der Waals surface area contributed by atoms with Gasteiger partial charge in [0.25, 0.3) is 5.91 Å². The highest BCUT2D eigenvalue weighted by Crippen LogP contribution is 2.30. The maximum Gasteiger partial charge on any atom is 0.573 e. The molecule has 1 aliphatic heterocycles. The summed E-state index contributed by atoms with van der Waals surface area (Å²) in [5.74, 6) is 0.0584. The fourth-order valence-electron chi connectivity index (χ4n) is 3.46. The van der Waals surface area contributed by atoms with E-state index in [9.17, 15) is 22.8 Å². The van der Waals surface area contributed by atoms with Crippen LogP contribution in [-0.4, -0.2) is 48.6 Å². The quantitative estimate of drug-likeness (QED) is 0.496. The van der Waals surface area contributed by atoms with Gasteiger partial charge in [-0.05, 0) is 79.4 Å². The summed E-state index contributed by atoms with van der Waals surface area (Å²) < 4.78 is 46.5. The highest BCUT2D eigenvalue weighted by Gasteiger charge is 2.31. The van der Waals surface area contributed by atoms with E-state index < -0.39 is 24.0 Å². The molecule has 1 fully saturated rings. The van der Waals surface area contributed by atoms with Crippen molar-refractivity contribution in [2.24, 2.45) is 5.92 Å². The van der Waals surface area contributed by atoms with E-state index in [1.165, 1.54) is 18.3 Å². The number of carbonyl (C=O) groups excluding carboxylic acids is 2. The van der Waals surface area contributed by atoms with Gasteiger partial charge in [-0.2, -0.15) is 0 Å². The van der Waals surface area contributed by atoms with E-state index in [2.05, 4.69) is 41.2 Å². The Morgan fingerprint density at radius 2 is 1.89 bits per heavy atom. The van der Waals surface area contributed by atoms with E-state index in [1.54, 1.807) is 26.8 Å². The summed E-state index contributed by atoms with van der Waals surface area (Å²) in [6.45, 7) is 7.32. The molecule has 0 bridgehead atoms. The third-order valence-electron chi connectivity index (χ3n) is 4.95. The number of nitrogens with zero attached hydrogens (tertiary/aromatic N) is 2. The summed E-state index contributed by atoms with van der Waals surface area (Å²) in [6.07, 6.45) is -2.94. The van der Waals surface area contributed by atoms with Crippen LogP contribution >= 0.6 is 15.9 Å². The zero-order valence-corrected chi connectivity index (χ0v) is 21.0. The van der Waals surface area contributed by atoms with Crippen LogP contribution in [0.5, 0.6) is 5.75 Å². The van der Waals surface area contributed by atoms with E-state index in [-0.39, 0.29) is 17.2 Å². The van der Waals surface area contributed by atoms with Crippen LogP contribution in [0.15, 0.2) is 41.0 Å². The van der Waals surface area contributed by atoms with Gasteiger partial charge in [0, 0.05) is 31.5 Å². The lowest BCUT2D eigenvalue weighted by molar-refractivity contribution is -0.274. The average molecular weight is 559 g/mol. The van der Waals surface area contributed by atoms with Crippen molar-refractivity contribution in [1.82, 2.24) is 10.3 Å². The molecule has 190 valence electrons. The molecule has 2 heterocycles. The standard InChI is InChI=1S/C23H26BrF3N4O4/c1-22(2,3)35-21(33)29-11-14-8-9-31(13-14)19-18(24)10-15(12-28-19)20(32)30-16-4-6-17(7-5-16)34-23(25,26)27/h4-7,10,12,14H,8-9,11,13H2,1-3H3,(H,29,33)(H,30,32). The Morgan fingerprint density at radius 3 is 2.49 bits per heavy atom. The van der Waals surface area contributed by atoms with E-state index in [1.807, 2.05) is 0 Å². The summed E-state index contributed by atoms with van der Waals surface area (Å²) in [5, 5.41) is 5.41. The highest BCUT2D eigenvalue weighted by atomic mass is 79.9. The fourth-order valence-corrected chi connectivity index (χ4v) is 4.06. The molecule has 3 rings (SSSR count). The lowest BCUT2D eigenvalue weighted by Gasteiger charge is -2.21. The summed E-state index contributed by atoms with van der Waals surface area (Å²) in [4.78, 5) is 30.9. The number of aromatic nitrogens is 1. The number of hydrogen-bond acceptors (Lipinski definition) is 6. The number of hydrogen-bond donors (Lipinski definition) is 2. The molecule has 1 saturated heterocycles. The minimum atomic E-state index is -4.78. The summed E-state index contributed by atoms with van der Waals surface area (Å²) in [5.41, 5.74) is 0.0303. The van der Waals surface area contributed by atoms with Crippen LogP contribution in [-0.2, 0) is 4.74 Å². The predicted molar refractivity (Wildman–Crippen MR) is 128 cm³/mol. The van der Waals surface area contributed by atoms with Crippen LogP contribution in [0.1, 0.15) is 37.6 Å². The van der Waals surface area contributed by atoms with Gasteiger partial charge in [0.2, 0.25) is 0 Å². The van der Waals surface area contributed by atoms with Crippen LogP contribution in [0.25, 0.3) is 0 Å². The Labute approximate surface area is 209 Å². The second-order valence-corrected chi connectivity index (χ2v) is 9.89. The first-order chi connectivity index (χ1) is 16.3. The first kappa shape index (κ1) is 26.6. The number of alkyl halides is 3. The molecular formula is C23H26BrF3N4O4. The minimum Gasteiger partial charge on any atom is -0.444 e. The average Bonchev–Trinajstić information content (AvgIpc) is 3.20. The van der Waals surface area contributed by atoms with Gasteiger partial charge < -0.3 is 25.0 Å².